The van der Waals surface area contributed by atoms with E-state index in [0.717, 1.165) is 33.5 Å². The highest BCUT2D eigenvalue weighted by Crippen LogP contribution is 2.30. The van der Waals surface area contributed by atoms with Gasteiger partial charge in [-0.1, -0.05) is 54.6 Å². The Morgan fingerprint density at radius 1 is 1.00 bits per heavy atom. The highest BCUT2D eigenvalue weighted by Gasteiger charge is 2.12. The van der Waals surface area contributed by atoms with Crippen LogP contribution in [0.25, 0.3) is 22.2 Å². The van der Waals surface area contributed by atoms with Crippen LogP contribution in [-0.2, 0) is 17.9 Å². The third-order valence-electron chi connectivity index (χ3n) is 4.70. The van der Waals surface area contributed by atoms with Gasteiger partial charge >= 0.3 is 6.16 Å². The standard InChI is InChI=1S/C23H20N2O4/c1-28-15-22-24-19-7-3-4-8-20(19)25(22)14-16-10-12-17(13-11-16)18-6-2-5-9-21(18)29-23(26)27/h2-13H,14-15H2,1H3,(H,26,27). The van der Waals surface area contributed by atoms with Crippen LogP contribution >= 0.6 is 0 Å². The van der Waals surface area contributed by atoms with Crippen molar-refractivity contribution in [3.8, 4) is 16.9 Å². The molecule has 4 aromatic rings. The molecule has 0 unspecified atom stereocenters. The molecule has 0 radical (unpaired) electrons. The van der Waals surface area contributed by atoms with Gasteiger partial charge < -0.3 is 19.1 Å². The predicted octanol–water partition coefficient (Wildman–Crippen LogP) is 4.95. The molecule has 0 aliphatic carbocycles. The average Bonchev–Trinajstić information content (AvgIpc) is 3.06. The summed E-state index contributed by atoms with van der Waals surface area (Å²) in [6, 6.07) is 23.1. The van der Waals surface area contributed by atoms with Crippen molar-refractivity contribution in [2.24, 2.45) is 0 Å². The second kappa shape index (κ2) is 8.16. The first-order valence-electron chi connectivity index (χ1n) is 9.18. The molecule has 0 amide bonds. The quantitative estimate of drug-likeness (QED) is 0.373. The smallest absolute Gasteiger partial charge is 0.449 e. The van der Waals surface area contributed by atoms with Crippen molar-refractivity contribution in [1.29, 1.82) is 0 Å². The van der Waals surface area contributed by atoms with Crippen LogP contribution in [0.15, 0.2) is 72.8 Å². The van der Waals surface area contributed by atoms with Gasteiger partial charge in [0.25, 0.3) is 0 Å². The molecule has 3 aromatic carbocycles. The van der Waals surface area contributed by atoms with Gasteiger partial charge in [-0.05, 0) is 29.3 Å². The molecule has 6 nitrogen and oxygen atoms in total. The number of carboxylic acid groups (broad SMARTS) is 1. The number of aromatic nitrogens is 2. The summed E-state index contributed by atoms with van der Waals surface area (Å²) in [4.78, 5) is 15.6. The zero-order valence-corrected chi connectivity index (χ0v) is 15.9. The van der Waals surface area contributed by atoms with Crippen LogP contribution in [0.3, 0.4) is 0 Å². The molecule has 1 N–H and O–H groups in total. The van der Waals surface area contributed by atoms with Crippen LogP contribution in [-0.4, -0.2) is 27.9 Å². The summed E-state index contributed by atoms with van der Waals surface area (Å²) in [6.07, 6.45) is -1.33. The minimum absolute atomic E-state index is 0.315. The Morgan fingerprint density at radius 2 is 1.72 bits per heavy atom. The Morgan fingerprint density at radius 3 is 2.48 bits per heavy atom. The van der Waals surface area contributed by atoms with Gasteiger partial charge in [0.15, 0.2) is 0 Å². The normalized spacial score (nSPS) is 10.9. The van der Waals surface area contributed by atoms with Crippen molar-refractivity contribution in [2.75, 3.05) is 7.11 Å². The van der Waals surface area contributed by atoms with Crippen LogP contribution in [0.4, 0.5) is 4.79 Å². The fourth-order valence-electron chi connectivity index (χ4n) is 3.40. The minimum Gasteiger partial charge on any atom is -0.449 e. The molecule has 0 bridgehead atoms. The van der Waals surface area contributed by atoms with Crippen molar-refractivity contribution < 1.29 is 19.4 Å². The van der Waals surface area contributed by atoms with E-state index < -0.39 is 6.16 Å². The van der Waals surface area contributed by atoms with Gasteiger partial charge in [-0.25, -0.2) is 9.78 Å². The number of hydrogen-bond donors (Lipinski definition) is 1. The molecule has 0 fully saturated rings. The number of hydrogen-bond acceptors (Lipinski definition) is 4. The van der Waals surface area contributed by atoms with Gasteiger partial charge in [-0.15, -0.1) is 0 Å². The summed E-state index contributed by atoms with van der Waals surface area (Å²) < 4.78 is 12.4. The van der Waals surface area contributed by atoms with Crippen molar-refractivity contribution in [3.05, 3.63) is 84.2 Å². The van der Waals surface area contributed by atoms with Crippen LogP contribution in [0.2, 0.25) is 0 Å². The van der Waals surface area contributed by atoms with E-state index in [2.05, 4.69) is 15.6 Å². The molecule has 0 saturated carbocycles. The fraction of sp³-hybridized carbons (Fsp3) is 0.130. The molecule has 0 spiro atoms. The number of rotatable bonds is 6. The van der Waals surface area contributed by atoms with Crippen LogP contribution < -0.4 is 4.74 Å². The van der Waals surface area contributed by atoms with E-state index >= 15 is 0 Å². The summed E-state index contributed by atoms with van der Waals surface area (Å²) in [6.45, 7) is 1.10. The maximum atomic E-state index is 10.9. The lowest BCUT2D eigenvalue weighted by Crippen LogP contribution is -2.06. The number of imidazole rings is 1. The number of fused-ring (bicyclic) bond motifs is 1. The van der Waals surface area contributed by atoms with E-state index in [0.29, 0.717) is 18.9 Å². The van der Waals surface area contributed by atoms with Gasteiger partial charge in [-0.2, -0.15) is 0 Å². The van der Waals surface area contributed by atoms with E-state index in [-0.39, 0.29) is 0 Å². The van der Waals surface area contributed by atoms with E-state index in [1.54, 1.807) is 19.2 Å². The number of benzene rings is 3. The third kappa shape index (κ3) is 3.97. The third-order valence-corrected chi connectivity index (χ3v) is 4.70. The monoisotopic (exact) mass is 388 g/mol. The van der Waals surface area contributed by atoms with E-state index in [1.807, 2.05) is 54.6 Å². The first-order chi connectivity index (χ1) is 14.2. The first-order valence-corrected chi connectivity index (χ1v) is 9.18. The predicted molar refractivity (Wildman–Crippen MR) is 110 cm³/mol. The largest absolute Gasteiger partial charge is 0.511 e. The lowest BCUT2D eigenvalue weighted by Gasteiger charge is -2.11. The Labute approximate surface area is 168 Å². The lowest BCUT2D eigenvalue weighted by atomic mass is 10.0. The number of nitrogens with zero attached hydrogens (tertiary/aromatic N) is 2. The molecule has 29 heavy (non-hydrogen) atoms. The second-order valence-corrected chi connectivity index (χ2v) is 6.60. The van der Waals surface area contributed by atoms with Crippen molar-refractivity contribution in [2.45, 2.75) is 13.2 Å². The van der Waals surface area contributed by atoms with E-state index in [4.69, 9.17) is 14.6 Å². The topological polar surface area (TPSA) is 73.6 Å². The van der Waals surface area contributed by atoms with E-state index in [1.165, 1.54) is 0 Å². The van der Waals surface area contributed by atoms with Gasteiger partial charge in [0, 0.05) is 19.2 Å². The van der Waals surface area contributed by atoms with Crippen LogP contribution in [0, 0.1) is 0 Å². The zero-order valence-electron chi connectivity index (χ0n) is 15.9. The minimum atomic E-state index is -1.33. The fourth-order valence-corrected chi connectivity index (χ4v) is 3.40. The van der Waals surface area contributed by atoms with Gasteiger partial charge in [0.1, 0.15) is 18.2 Å². The lowest BCUT2D eigenvalue weighted by molar-refractivity contribution is 0.144. The maximum absolute atomic E-state index is 10.9. The highest BCUT2D eigenvalue weighted by molar-refractivity contribution is 5.76. The van der Waals surface area contributed by atoms with Crippen molar-refractivity contribution in [1.82, 2.24) is 9.55 Å². The molecule has 0 aliphatic rings. The van der Waals surface area contributed by atoms with Gasteiger partial charge in [0.2, 0.25) is 0 Å². The second-order valence-electron chi connectivity index (χ2n) is 6.60. The SMILES string of the molecule is COCc1nc2ccccc2n1Cc1ccc(-c2ccccc2OC(=O)O)cc1. The Hall–Kier alpha value is -3.64. The summed E-state index contributed by atoms with van der Waals surface area (Å²) in [5.74, 6) is 1.19. The average molecular weight is 388 g/mol. The summed E-state index contributed by atoms with van der Waals surface area (Å²) in [5.41, 5.74) is 4.72. The Balaban J connectivity index is 1.64. The number of carbonyl (C=O) groups is 1. The first kappa shape index (κ1) is 18.7. The summed E-state index contributed by atoms with van der Waals surface area (Å²) in [5, 5.41) is 8.94. The molecule has 0 saturated heterocycles. The Kier molecular flexibility index (Phi) is 5.27. The maximum Gasteiger partial charge on any atom is 0.511 e. The molecular weight excluding hydrogens is 368 g/mol. The molecule has 0 aliphatic heterocycles. The van der Waals surface area contributed by atoms with Gasteiger partial charge in [0.05, 0.1) is 11.0 Å². The molecule has 146 valence electrons. The molecular formula is C23H20N2O4. The number of methoxy groups -OCH3 is 1. The molecule has 1 heterocycles. The number of ether oxygens (including phenoxy) is 2. The zero-order chi connectivity index (χ0) is 20.2. The Bertz CT molecular complexity index is 1150. The van der Waals surface area contributed by atoms with Crippen molar-refractivity contribution >= 4 is 17.2 Å². The summed E-state index contributed by atoms with van der Waals surface area (Å²) in [7, 11) is 1.66. The molecule has 4 rings (SSSR count). The van der Waals surface area contributed by atoms with Crippen molar-refractivity contribution in [3.63, 3.8) is 0 Å². The van der Waals surface area contributed by atoms with Gasteiger partial charge in [-0.3, -0.25) is 0 Å². The molecule has 0 atom stereocenters. The van der Waals surface area contributed by atoms with Crippen LogP contribution in [0.5, 0.6) is 5.75 Å². The van der Waals surface area contributed by atoms with Crippen LogP contribution in [0.1, 0.15) is 11.4 Å². The van der Waals surface area contributed by atoms with E-state index in [9.17, 15) is 4.79 Å². The summed E-state index contributed by atoms with van der Waals surface area (Å²) >= 11 is 0. The molecule has 6 heteroatoms. The number of para-hydroxylation sites is 3. The highest BCUT2D eigenvalue weighted by atomic mass is 16.7. The molecule has 1 aromatic heterocycles.